The number of amides is 2. The van der Waals surface area contributed by atoms with Crippen LogP contribution >= 0.6 is 35.4 Å². The summed E-state index contributed by atoms with van der Waals surface area (Å²) in [7, 11) is 0. The highest BCUT2D eigenvalue weighted by Crippen LogP contribution is 2.29. The fourth-order valence-corrected chi connectivity index (χ4v) is 4.72. The summed E-state index contributed by atoms with van der Waals surface area (Å²) in [4.78, 5) is 29.1. The number of anilines is 2. The van der Waals surface area contributed by atoms with Gasteiger partial charge < -0.3 is 10.2 Å². The van der Waals surface area contributed by atoms with E-state index in [9.17, 15) is 18.4 Å². The van der Waals surface area contributed by atoms with Crippen molar-refractivity contribution in [2.75, 3.05) is 16.8 Å². The van der Waals surface area contributed by atoms with Crippen molar-refractivity contribution in [3.63, 3.8) is 0 Å². The van der Waals surface area contributed by atoms with Crippen LogP contribution in [0.4, 0.5) is 20.2 Å². The van der Waals surface area contributed by atoms with Crippen molar-refractivity contribution in [1.29, 1.82) is 0 Å². The molecule has 0 spiro atoms. The Labute approximate surface area is 216 Å². The van der Waals surface area contributed by atoms with Crippen molar-refractivity contribution in [1.82, 2.24) is 4.90 Å². The van der Waals surface area contributed by atoms with Gasteiger partial charge in [-0.2, -0.15) is 0 Å². The minimum absolute atomic E-state index is 0.192. The number of thiocarbonyl (C=S) groups is 1. The number of halogens is 4. The first-order chi connectivity index (χ1) is 16.7. The molecule has 0 bridgehead atoms. The maximum absolute atomic E-state index is 13.5. The van der Waals surface area contributed by atoms with Gasteiger partial charge in [-0.3, -0.25) is 14.5 Å². The zero-order valence-corrected chi connectivity index (χ0v) is 20.5. The van der Waals surface area contributed by atoms with E-state index in [1.807, 2.05) is 0 Å². The van der Waals surface area contributed by atoms with E-state index in [0.29, 0.717) is 34.4 Å². The van der Waals surface area contributed by atoms with Crippen LogP contribution in [0.2, 0.25) is 10.0 Å². The summed E-state index contributed by atoms with van der Waals surface area (Å²) in [5, 5.41) is 3.86. The number of carbonyl (C=O) groups is 2. The van der Waals surface area contributed by atoms with Crippen molar-refractivity contribution >= 4 is 63.7 Å². The van der Waals surface area contributed by atoms with E-state index >= 15 is 0 Å². The van der Waals surface area contributed by atoms with Crippen LogP contribution in [0.3, 0.4) is 0 Å². The molecular formula is C25H19Cl2F2N3O2S. The number of hydrogen-bond acceptors (Lipinski definition) is 3. The molecular weight excluding hydrogens is 515 g/mol. The molecule has 1 aliphatic rings. The van der Waals surface area contributed by atoms with Gasteiger partial charge in [0.05, 0.1) is 12.1 Å². The second-order valence-electron chi connectivity index (χ2n) is 7.89. The molecule has 0 unspecified atom stereocenters. The zero-order valence-electron chi connectivity index (χ0n) is 18.2. The molecule has 10 heteroatoms. The van der Waals surface area contributed by atoms with Gasteiger partial charge in [0, 0.05) is 22.3 Å². The van der Waals surface area contributed by atoms with Gasteiger partial charge in [0.1, 0.15) is 17.7 Å². The van der Waals surface area contributed by atoms with Crippen LogP contribution in [0.5, 0.6) is 0 Å². The van der Waals surface area contributed by atoms with Gasteiger partial charge >= 0.3 is 0 Å². The Hall–Kier alpha value is -3.07. The van der Waals surface area contributed by atoms with Crippen molar-refractivity contribution in [2.45, 2.75) is 18.9 Å². The minimum atomic E-state index is -0.890. The van der Waals surface area contributed by atoms with Crippen LogP contribution in [0.1, 0.15) is 12.0 Å². The molecule has 35 heavy (non-hydrogen) atoms. The highest BCUT2D eigenvalue weighted by Gasteiger charge is 2.44. The van der Waals surface area contributed by atoms with Gasteiger partial charge in [-0.1, -0.05) is 29.3 Å². The Morgan fingerprint density at radius 3 is 2.23 bits per heavy atom. The molecule has 1 saturated heterocycles. The minimum Gasteiger partial charge on any atom is -0.336 e. The van der Waals surface area contributed by atoms with E-state index in [-0.39, 0.29) is 11.5 Å². The lowest BCUT2D eigenvalue weighted by Gasteiger charge is -2.24. The van der Waals surface area contributed by atoms with E-state index in [1.54, 1.807) is 23.1 Å². The van der Waals surface area contributed by atoms with E-state index < -0.39 is 29.5 Å². The highest BCUT2D eigenvalue weighted by molar-refractivity contribution is 7.80. The second kappa shape index (κ2) is 10.7. The molecule has 1 fully saturated rings. The van der Waals surface area contributed by atoms with Crippen molar-refractivity contribution < 1.29 is 18.4 Å². The molecule has 0 radical (unpaired) electrons. The molecule has 0 aliphatic carbocycles. The maximum Gasteiger partial charge on any atom is 0.256 e. The van der Waals surface area contributed by atoms with Gasteiger partial charge in [-0.25, -0.2) is 8.78 Å². The van der Waals surface area contributed by atoms with Crippen LogP contribution in [-0.2, 0) is 16.0 Å². The quantitative estimate of drug-likeness (QED) is 0.387. The Balaban J connectivity index is 1.57. The third kappa shape index (κ3) is 5.78. The molecule has 2 amide bonds. The predicted molar refractivity (Wildman–Crippen MR) is 137 cm³/mol. The third-order valence-corrected chi connectivity index (χ3v) is 6.55. The summed E-state index contributed by atoms with van der Waals surface area (Å²) in [6, 6.07) is 14.9. The molecule has 180 valence electrons. The normalized spacial score (nSPS) is 15.6. The molecule has 1 heterocycles. The lowest BCUT2D eigenvalue weighted by atomic mass is 10.1. The van der Waals surface area contributed by atoms with Gasteiger partial charge in [-0.05, 0) is 84.9 Å². The van der Waals surface area contributed by atoms with Gasteiger partial charge in [0.15, 0.2) is 5.11 Å². The highest BCUT2D eigenvalue weighted by atomic mass is 35.5. The summed E-state index contributed by atoms with van der Waals surface area (Å²) >= 11 is 17.9. The number of nitrogens with one attached hydrogen (secondary N) is 1. The van der Waals surface area contributed by atoms with Crippen LogP contribution in [-0.4, -0.2) is 34.4 Å². The Bertz CT molecular complexity index is 1270. The SMILES string of the molecule is O=C(C[C@H]1C(=O)N(c2ccc(F)cc2)C(=S)N1CCc1ccc(Cl)cc1Cl)Nc1ccc(F)cc1. The predicted octanol–water partition coefficient (Wildman–Crippen LogP) is 5.85. The van der Waals surface area contributed by atoms with E-state index in [1.165, 1.54) is 53.4 Å². The first-order valence-electron chi connectivity index (χ1n) is 10.6. The number of carbonyl (C=O) groups excluding carboxylic acids is 2. The molecule has 3 aromatic rings. The van der Waals surface area contributed by atoms with Gasteiger partial charge in [0.2, 0.25) is 5.91 Å². The summed E-state index contributed by atoms with van der Waals surface area (Å²) < 4.78 is 26.6. The number of rotatable bonds is 7. The fraction of sp³-hybridized carbons (Fsp3) is 0.160. The fourth-order valence-electron chi connectivity index (χ4n) is 3.80. The molecule has 5 nitrogen and oxygen atoms in total. The largest absolute Gasteiger partial charge is 0.336 e. The van der Waals surface area contributed by atoms with Crippen molar-refractivity contribution in [3.8, 4) is 0 Å². The van der Waals surface area contributed by atoms with Gasteiger partial charge in [0.25, 0.3) is 5.91 Å². The molecule has 0 aromatic heterocycles. The van der Waals surface area contributed by atoms with Crippen molar-refractivity contribution in [3.05, 3.63) is 94.0 Å². The monoisotopic (exact) mass is 533 g/mol. The second-order valence-corrected chi connectivity index (χ2v) is 9.10. The summed E-state index contributed by atoms with van der Waals surface area (Å²) in [5.74, 6) is -1.72. The Morgan fingerprint density at radius 2 is 1.60 bits per heavy atom. The topological polar surface area (TPSA) is 52.7 Å². The molecule has 1 N–H and O–H groups in total. The maximum atomic E-state index is 13.5. The average Bonchev–Trinajstić information content (AvgIpc) is 3.04. The molecule has 4 rings (SSSR count). The zero-order chi connectivity index (χ0) is 25.1. The molecule has 1 atom stereocenters. The van der Waals surface area contributed by atoms with Crippen LogP contribution in [0, 0.1) is 11.6 Å². The first kappa shape index (κ1) is 25.0. The lowest BCUT2D eigenvalue weighted by Crippen LogP contribution is -2.39. The van der Waals surface area contributed by atoms with Gasteiger partial charge in [-0.15, -0.1) is 0 Å². The molecule has 1 aliphatic heterocycles. The summed E-state index contributed by atoms with van der Waals surface area (Å²) in [5.41, 5.74) is 1.61. The molecule has 3 aromatic carbocycles. The lowest BCUT2D eigenvalue weighted by molar-refractivity contribution is -0.124. The standard InChI is InChI=1S/C25H19Cl2F2N3O2S/c26-16-2-1-15(21(27)13-16)11-12-31-22(14-23(33)30-19-7-3-17(28)4-8-19)24(34)32(25(31)35)20-9-5-18(29)6-10-20/h1-10,13,22H,11-12,14H2,(H,30,33)/t22-/m0/s1. The summed E-state index contributed by atoms with van der Waals surface area (Å²) in [6.07, 6.45) is 0.249. The first-order valence-corrected chi connectivity index (χ1v) is 11.8. The average molecular weight is 534 g/mol. The van der Waals surface area contributed by atoms with Crippen LogP contribution < -0.4 is 10.2 Å². The smallest absolute Gasteiger partial charge is 0.256 e. The van der Waals surface area contributed by atoms with Crippen LogP contribution in [0.15, 0.2) is 66.7 Å². The Kier molecular flexibility index (Phi) is 7.64. The van der Waals surface area contributed by atoms with Crippen LogP contribution in [0.25, 0.3) is 0 Å². The third-order valence-electron chi connectivity index (χ3n) is 5.55. The molecule has 0 saturated carbocycles. The number of benzene rings is 3. The number of hydrogen-bond donors (Lipinski definition) is 1. The van der Waals surface area contributed by atoms with E-state index in [2.05, 4.69) is 5.32 Å². The number of nitrogens with zero attached hydrogens (tertiary/aromatic N) is 2. The Morgan fingerprint density at radius 1 is 0.971 bits per heavy atom. The van der Waals surface area contributed by atoms with Crippen molar-refractivity contribution in [2.24, 2.45) is 0 Å². The van der Waals surface area contributed by atoms with E-state index in [0.717, 1.165) is 5.56 Å². The summed E-state index contributed by atoms with van der Waals surface area (Å²) in [6.45, 7) is 0.304. The van der Waals surface area contributed by atoms with E-state index in [4.69, 9.17) is 35.4 Å².